The van der Waals surface area contributed by atoms with Crippen LogP contribution in [0.4, 0.5) is 5.69 Å². The number of ether oxygens (including phenoxy) is 1. The van der Waals surface area contributed by atoms with Gasteiger partial charge in [0.15, 0.2) is 6.61 Å². The summed E-state index contributed by atoms with van der Waals surface area (Å²) in [6, 6.07) is 15.7. The number of hydrogen-bond acceptors (Lipinski definition) is 3. The van der Waals surface area contributed by atoms with Gasteiger partial charge in [-0.25, -0.2) is 0 Å². The van der Waals surface area contributed by atoms with Crippen molar-refractivity contribution in [2.45, 2.75) is 19.5 Å². The van der Waals surface area contributed by atoms with Gasteiger partial charge in [0.1, 0.15) is 12.3 Å². The van der Waals surface area contributed by atoms with Crippen LogP contribution in [0.2, 0.25) is 0 Å². The second kappa shape index (κ2) is 8.68. The van der Waals surface area contributed by atoms with Crippen LogP contribution in [-0.2, 0) is 22.7 Å². The van der Waals surface area contributed by atoms with E-state index in [1.807, 2.05) is 36.4 Å². The molecule has 1 aliphatic rings. The average Bonchev–Trinajstić information content (AvgIpc) is 2.66. The minimum absolute atomic E-state index is 0.0135. The normalized spacial score (nSPS) is 13.3. The van der Waals surface area contributed by atoms with Crippen molar-refractivity contribution in [3.63, 3.8) is 0 Å². The predicted octanol–water partition coefficient (Wildman–Crippen LogP) is 0.763. The van der Waals surface area contributed by atoms with Gasteiger partial charge in [-0.05, 0) is 17.7 Å². The molecule has 0 aromatic heterocycles. The molecule has 0 saturated heterocycles. The smallest absolute Gasteiger partial charge is 0.265 e. The zero-order valence-corrected chi connectivity index (χ0v) is 15.8. The molecule has 2 amide bonds. The van der Waals surface area contributed by atoms with Crippen molar-refractivity contribution in [1.29, 1.82) is 0 Å². The van der Waals surface area contributed by atoms with Crippen molar-refractivity contribution in [3.05, 3.63) is 59.7 Å². The van der Waals surface area contributed by atoms with E-state index >= 15 is 0 Å². The molecule has 0 unspecified atom stereocenters. The number of quaternary nitrogens is 1. The van der Waals surface area contributed by atoms with Gasteiger partial charge in [-0.3, -0.25) is 9.59 Å². The number of benzene rings is 2. The number of hydrogen-bond donors (Lipinski definition) is 2. The van der Waals surface area contributed by atoms with Gasteiger partial charge >= 0.3 is 0 Å². The molecule has 0 fully saturated rings. The van der Waals surface area contributed by atoms with Crippen molar-refractivity contribution in [2.75, 3.05) is 32.1 Å². The third-order valence-corrected chi connectivity index (χ3v) is 4.44. The van der Waals surface area contributed by atoms with Crippen molar-refractivity contribution in [1.82, 2.24) is 5.32 Å². The van der Waals surface area contributed by atoms with Crippen LogP contribution in [-0.4, -0.2) is 39.1 Å². The zero-order valence-electron chi connectivity index (χ0n) is 15.8. The topological polar surface area (TPSA) is 63.1 Å². The molecular formula is C21H26N3O3+. The van der Waals surface area contributed by atoms with Gasteiger partial charge in [-0.15, -0.1) is 0 Å². The Balaban J connectivity index is 1.49. The first-order valence-corrected chi connectivity index (χ1v) is 9.18. The van der Waals surface area contributed by atoms with E-state index in [1.165, 1.54) is 10.5 Å². The van der Waals surface area contributed by atoms with Crippen molar-refractivity contribution in [3.8, 4) is 5.75 Å². The van der Waals surface area contributed by atoms with E-state index in [0.717, 1.165) is 17.8 Å². The predicted molar refractivity (Wildman–Crippen MR) is 104 cm³/mol. The fourth-order valence-electron chi connectivity index (χ4n) is 3.08. The van der Waals surface area contributed by atoms with Crippen molar-refractivity contribution < 1.29 is 19.2 Å². The average molecular weight is 368 g/mol. The highest BCUT2D eigenvalue weighted by atomic mass is 16.5. The monoisotopic (exact) mass is 368 g/mol. The van der Waals surface area contributed by atoms with Crippen LogP contribution in [0.25, 0.3) is 0 Å². The van der Waals surface area contributed by atoms with Gasteiger partial charge in [0.2, 0.25) is 5.91 Å². The van der Waals surface area contributed by atoms with Gasteiger partial charge in [-0.1, -0.05) is 36.4 Å². The van der Waals surface area contributed by atoms with Gasteiger partial charge in [-0.2, -0.15) is 0 Å². The highest BCUT2D eigenvalue weighted by Gasteiger charge is 2.25. The molecule has 1 aliphatic heterocycles. The lowest BCUT2D eigenvalue weighted by atomic mass is 10.1. The Hall–Kier alpha value is -2.86. The Morgan fingerprint density at radius 1 is 1.11 bits per heavy atom. The molecule has 3 rings (SSSR count). The minimum atomic E-state index is -0.125. The Kier molecular flexibility index (Phi) is 6.08. The Labute approximate surface area is 159 Å². The summed E-state index contributed by atoms with van der Waals surface area (Å²) in [6.07, 6.45) is 0.252. The third kappa shape index (κ3) is 5.08. The number of nitrogens with one attached hydrogen (secondary N) is 2. The number of anilines is 1. The first kappa shape index (κ1) is 18.9. The molecule has 1 heterocycles. The summed E-state index contributed by atoms with van der Waals surface area (Å²) in [6.45, 7) is 1.82. The third-order valence-electron chi connectivity index (χ3n) is 4.44. The summed E-state index contributed by atoms with van der Waals surface area (Å²) in [5.41, 5.74) is 3.06. The van der Waals surface area contributed by atoms with E-state index in [-0.39, 0.29) is 24.8 Å². The molecule has 6 nitrogen and oxygen atoms in total. The van der Waals surface area contributed by atoms with Gasteiger partial charge in [0, 0.05) is 25.1 Å². The fourth-order valence-corrected chi connectivity index (χ4v) is 3.08. The number of amides is 2. The molecule has 0 spiro atoms. The first-order valence-electron chi connectivity index (χ1n) is 9.18. The van der Waals surface area contributed by atoms with Gasteiger partial charge in [0.05, 0.1) is 19.8 Å². The minimum Gasteiger partial charge on any atom is -0.482 e. The maximum absolute atomic E-state index is 12.2. The number of para-hydroxylation sites is 2. The summed E-state index contributed by atoms with van der Waals surface area (Å²) in [4.78, 5) is 27.3. The molecule has 0 aliphatic carbocycles. The largest absolute Gasteiger partial charge is 0.482 e. The Morgan fingerprint density at radius 3 is 2.56 bits per heavy atom. The molecular weight excluding hydrogens is 342 g/mol. The number of nitrogens with zero attached hydrogens (tertiary/aromatic N) is 1. The number of rotatable bonds is 7. The van der Waals surface area contributed by atoms with Crippen LogP contribution >= 0.6 is 0 Å². The SMILES string of the molecule is C[NH+](C)Cc1ccc(CNC(=O)CCN2C(=O)COc3ccccc32)cc1. The number of carbonyl (C=O) groups excluding carboxylic acids is 2. The van der Waals surface area contributed by atoms with E-state index in [0.29, 0.717) is 18.8 Å². The molecule has 0 atom stereocenters. The lowest BCUT2D eigenvalue weighted by Gasteiger charge is -2.29. The Bertz CT molecular complexity index is 803. The van der Waals surface area contributed by atoms with Crippen LogP contribution in [0.1, 0.15) is 17.5 Å². The lowest BCUT2D eigenvalue weighted by molar-refractivity contribution is -0.872. The summed E-state index contributed by atoms with van der Waals surface area (Å²) in [5.74, 6) is 0.478. The van der Waals surface area contributed by atoms with Gasteiger partial charge in [0.25, 0.3) is 5.91 Å². The number of carbonyl (C=O) groups is 2. The van der Waals surface area contributed by atoms with Crippen LogP contribution in [0, 0.1) is 0 Å². The summed E-state index contributed by atoms with van der Waals surface area (Å²) in [5, 5.41) is 2.92. The molecule has 2 aromatic rings. The molecule has 0 radical (unpaired) electrons. The molecule has 0 saturated carbocycles. The molecule has 2 N–H and O–H groups in total. The number of fused-ring (bicyclic) bond motifs is 1. The molecule has 2 aromatic carbocycles. The Morgan fingerprint density at radius 2 is 1.81 bits per heavy atom. The quantitative estimate of drug-likeness (QED) is 0.759. The van der Waals surface area contributed by atoms with E-state index in [2.05, 4.69) is 31.5 Å². The second-order valence-corrected chi connectivity index (χ2v) is 7.03. The lowest BCUT2D eigenvalue weighted by Crippen LogP contribution is -3.04. The van der Waals surface area contributed by atoms with Crippen LogP contribution in [0.3, 0.4) is 0 Å². The van der Waals surface area contributed by atoms with Crippen LogP contribution in [0.15, 0.2) is 48.5 Å². The summed E-state index contributed by atoms with van der Waals surface area (Å²) in [7, 11) is 4.23. The highest BCUT2D eigenvalue weighted by molar-refractivity contribution is 5.98. The van der Waals surface area contributed by atoms with Crippen molar-refractivity contribution in [2.24, 2.45) is 0 Å². The standard InChI is InChI=1S/C21H25N3O3/c1-23(2)14-17-9-7-16(8-10-17)13-22-20(25)11-12-24-18-5-3-4-6-19(18)27-15-21(24)26/h3-10H,11-15H2,1-2H3,(H,22,25)/p+1. The highest BCUT2D eigenvalue weighted by Crippen LogP contribution is 2.31. The molecule has 6 heteroatoms. The second-order valence-electron chi connectivity index (χ2n) is 7.03. The van der Waals surface area contributed by atoms with Crippen LogP contribution < -0.4 is 19.9 Å². The zero-order chi connectivity index (χ0) is 19.2. The van der Waals surface area contributed by atoms with Crippen molar-refractivity contribution >= 4 is 17.5 Å². The molecule has 27 heavy (non-hydrogen) atoms. The molecule has 142 valence electrons. The van der Waals surface area contributed by atoms with E-state index in [4.69, 9.17) is 4.74 Å². The summed E-state index contributed by atoms with van der Waals surface area (Å²) < 4.78 is 5.42. The maximum Gasteiger partial charge on any atom is 0.265 e. The van der Waals surface area contributed by atoms with E-state index in [1.54, 1.807) is 4.90 Å². The van der Waals surface area contributed by atoms with Crippen LogP contribution in [0.5, 0.6) is 5.75 Å². The van der Waals surface area contributed by atoms with Gasteiger partial charge < -0.3 is 19.9 Å². The fraction of sp³-hybridized carbons (Fsp3) is 0.333. The maximum atomic E-state index is 12.2. The van der Waals surface area contributed by atoms with E-state index in [9.17, 15) is 9.59 Å². The summed E-state index contributed by atoms with van der Waals surface area (Å²) >= 11 is 0. The first-order chi connectivity index (χ1) is 13.0. The van der Waals surface area contributed by atoms with E-state index < -0.39 is 0 Å². The molecule has 0 bridgehead atoms.